The average Bonchev–Trinajstić information content (AvgIpc) is 3.16. The van der Waals surface area contributed by atoms with Crippen LogP contribution in [0.2, 0.25) is 0 Å². The Kier molecular flexibility index (Phi) is 5.09. The fraction of sp³-hybridized carbons (Fsp3) is 0.400. The molecule has 26 heavy (non-hydrogen) atoms. The maximum atomic E-state index is 12.3. The number of hydrogen-bond acceptors (Lipinski definition) is 7. The van der Waals surface area contributed by atoms with E-state index in [2.05, 4.69) is 14.9 Å². The third-order valence-corrected chi connectivity index (χ3v) is 5.42. The summed E-state index contributed by atoms with van der Waals surface area (Å²) in [5.74, 6) is 0.974. The van der Waals surface area contributed by atoms with Crippen molar-refractivity contribution in [1.82, 2.24) is 19.4 Å². The third kappa shape index (κ3) is 3.94. The molecule has 2 aromatic rings. The first-order valence-electron chi connectivity index (χ1n) is 7.98. The maximum Gasteiger partial charge on any atom is 0.302 e. The highest BCUT2D eigenvalue weighted by Crippen LogP contribution is 2.16. The molecule has 1 saturated heterocycles. The molecule has 1 N–H and O–H groups in total. The minimum atomic E-state index is -3.61. The first-order chi connectivity index (χ1) is 12.4. The van der Waals surface area contributed by atoms with Gasteiger partial charge < -0.3 is 14.2 Å². The van der Waals surface area contributed by atoms with Crippen LogP contribution in [0.1, 0.15) is 10.6 Å². The van der Waals surface area contributed by atoms with Gasteiger partial charge in [-0.1, -0.05) is 0 Å². The van der Waals surface area contributed by atoms with Gasteiger partial charge in [0.2, 0.25) is 0 Å². The van der Waals surface area contributed by atoms with E-state index >= 15 is 0 Å². The molecule has 1 aliphatic heterocycles. The summed E-state index contributed by atoms with van der Waals surface area (Å²) in [6.45, 7) is 2.28. The topological polar surface area (TPSA) is 112 Å². The Morgan fingerprint density at radius 3 is 2.42 bits per heavy atom. The van der Waals surface area contributed by atoms with Gasteiger partial charge in [0.25, 0.3) is 5.91 Å². The van der Waals surface area contributed by atoms with Gasteiger partial charge in [0.1, 0.15) is 0 Å². The summed E-state index contributed by atoms with van der Waals surface area (Å²) in [7, 11) is -0.765. The van der Waals surface area contributed by atoms with Crippen LogP contribution in [0, 0.1) is 0 Å². The van der Waals surface area contributed by atoms with Crippen molar-refractivity contribution < 1.29 is 17.6 Å². The summed E-state index contributed by atoms with van der Waals surface area (Å²) in [6, 6.07) is 6.59. The van der Waals surface area contributed by atoms with Crippen molar-refractivity contribution in [3.05, 3.63) is 36.3 Å². The van der Waals surface area contributed by atoms with Gasteiger partial charge in [-0.25, -0.2) is 0 Å². The molecule has 1 amide bonds. The van der Waals surface area contributed by atoms with E-state index in [9.17, 15) is 13.2 Å². The normalized spacial score (nSPS) is 15.3. The van der Waals surface area contributed by atoms with Gasteiger partial charge in [-0.15, -0.1) is 10.2 Å². The molecule has 0 spiro atoms. The highest BCUT2D eigenvalue weighted by molar-refractivity contribution is 7.90. The zero-order valence-corrected chi connectivity index (χ0v) is 15.3. The molecule has 140 valence electrons. The summed E-state index contributed by atoms with van der Waals surface area (Å²) < 4.78 is 32.1. The Hall–Kier alpha value is -2.66. The summed E-state index contributed by atoms with van der Waals surface area (Å²) in [4.78, 5) is 16.0. The number of anilines is 2. The van der Waals surface area contributed by atoms with Crippen LogP contribution >= 0.6 is 0 Å². The van der Waals surface area contributed by atoms with Crippen molar-refractivity contribution in [3.63, 3.8) is 0 Å². The average molecular weight is 380 g/mol. The van der Waals surface area contributed by atoms with E-state index in [-0.39, 0.29) is 11.7 Å². The van der Waals surface area contributed by atoms with Crippen LogP contribution in [0.15, 0.2) is 34.9 Å². The second-order valence-corrected chi connectivity index (χ2v) is 7.81. The molecule has 11 heteroatoms. The Morgan fingerprint density at radius 1 is 1.15 bits per heavy atom. The molecular weight excluding hydrogens is 360 g/mol. The minimum absolute atomic E-state index is 0.130. The molecule has 1 fully saturated rings. The predicted molar refractivity (Wildman–Crippen MR) is 95.1 cm³/mol. The zero-order valence-electron chi connectivity index (χ0n) is 14.5. The van der Waals surface area contributed by atoms with Crippen LogP contribution < -0.4 is 9.62 Å². The lowest BCUT2D eigenvalue weighted by Gasteiger charge is -2.34. The van der Waals surface area contributed by atoms with Crippen LogP contribution in [-0.4, -0.2) is 74.0 Å². The van der Waals surface area contributed by atoms with Gasteiger partial charge in [-0.2, -0.15) is 12.7 Å². The summed E-state index contributed by atoms with van der Waals surface area (Å²) >= 11 is 0. The SMILES string of the molecule is CN(C)S(=O)(=O)Nc1ccc(N2CCN(C(=O)c3ccco3)CC2)nn1. The molecule has 0 aromatic carbocycles. The summed E-state index contributed by atoms with van der Waals surface area (Å²) in [5.41, 5.74) is 0. The standard InChI is InChI=1S/C15H20N6O4S/c1-19(2)26(23,24)18-13-5-6-14(17-16-13)20-7-9-21(10-8-20)15(22)12-4-3-11-25-12/h3-6,11H,7-10H2,1-2H3,(H,16,18). The van der Waals surface area contributed by atoms with Gasteiger partial charge in [0.05, 0.1) is 6.26 Å². The van der Waals surface area contributed by atoms with Crippen molar-refractivity contribution in [2.45, 2.75) is 0 Å². The van der Waals surface area contributed by atoms with Crippen molar-refractivity contribution in [2.75, 3.05) is 49.9 Å². The Balaban J connectivity index is 1.59. The summed E-state index contributed by atoms with van der Waals surface area (Å²) in [5, 5.41) is 7.99. The second-order valence-electron chi connectivity index (χ2n) is 5.92. The molecule has 3 rings (SSSR count). The van der Waals surface area contributed by atoms with Gasteiger partial charge in [0.15, 0.2) is 17.4 Å². The van der Waals surface area contributed by atoms with Crippen molar-refractivity contribution in [3.8, 4) is 0 Å². The van der Waals surface area contributed by atoms with E-state index < -0.39 is 10.2 Å². The van der Waals surface area contributed by atoms with Gasteiger partial charge in [0, 0.05) is 40.3 Å². The van der Waals surface area contributed by atoms with E-state index in [1.165, 1.54) is 20.4 Å². The summed E-state index contributed by atoms with van der Waals surface area (Å²) in [6.07, 6.45) is 1.48. The van der Waals surface area contributed by atoms with Crippen molar-refractivity contribution >= 4 is 27.8 Å². The lowest BCUT2D eigenvalue weighted by atomic mass is 10.3. The number of amides is 1. The fourth-order valence-electron chi connectivity index (χ4n) is 2.47. The minimum Gasteiger partial charge on any atom is -0.459 e. The zero-order chi connectivity index (χ0) is 18.7. The molecule has 0 unspecified atom stereocenters. The number of piperazine rings is 1. The highest BCUT2D eigenvalue weighted by Gasteiger charge is 2.24. The number of nitrogens with one attached hydrogen (secondary N) is 1. The Labute approximate surface area is 151 Å². The number of carbonyl (C=O) groups is 1. The first kappa shape index (κ1) is 18.1. The fourth-order valence-corrected chi connectivity index (χ4v) is 3.02. The lowest BCUT2D eigenvalue weighted by Crippen LogP contribution is -2.49. The number of nitrogens with zero attached hydrogens (tertiary/aromatic N) is 5. The number of furan rings is 1. The van der Waals surface area contributed by atoms with Gasteiger partial charge in [-0.05, 0) is 24.3 Å². The predicted octanol–water partition coefficient (Wildman–Crippen LogP) is 0.250. The van der Waals surface area contributed by atoms with Crippen LogP contribution in [0.3, 0.4) is 0 Å². The number of hydrogen-bond donors (Lipinski definition) is 1. The number of rotatable bonds is 5. The van der Waals surface area contributed by atoms with Crippen LogP contribution in [0.25, 0.3) is 0 Å². The highest BCUT2D eigenvalue weighted by atomic mass is 32.2. The number of aromatic nitrogens is 2. The molecule has 3 heterocycles. The smallest absolute Gasteiger partial charge is 0.302 e. The molecule has 0 saturated carbocycles. The van der Waals surface area contributed by atoms with Gasteiger partial charge in [-0.3, -0.25) is 9.52 Å². The Bertz CT molecular complexity index is 843. The van der Waals surface area contributed by atoms with Crippen LogP contribution in [0.4, 0.5) is 11.6 Å². The first-order valence-corrected chi connectivity index (χ1v) is 9.42. The lowest BCUT2D eigenvalue weighted by molar-refractivity contribution is 0.0714. The number of carbonyl (C=O) groups excluding carboxylic acids is 1. The van der Waals surface area contributed by atoms with E-state index in [1.807, 2.05) is 4.90 Å². The molecular formula is C15H20N6O4S. The largest absolute Gasteiger partial charge is 0.459 e. The van der Waals surface area contributed by atoms with Crippen molar-refractivity contribution in [1.29, 1.82) is 0 Å². The molecule has 2 aromatic heterocycles. The molecule has 0 aliphatic carbocycles. The van der Waals surface area contributed by atoms with E-state index in [0.29, 0.717) is 37.8 Å². The van der Waals surface area contributed by atoms with Crippen molar-refractivity contribution in [2.24, 2.45) is 0 Å². The third-order valence-electron chi connectivity index (χ3n) is 3.99. The molecule has 10 nitrogen and oxygen atoms in total. The van der Waals surface area contributed by atoms with Crippen LogP contribution in [0.5, 0.6) is 0 Å². The monoisotopic (exact) mass is 380 g/mol. The van der Waals surface area contributed by atoms with E-state index in [4.69, 9.17) is 4.42 Å². The van der Waals surface area contributed by atoms with Crippen LogP contribution in [-0.2, 0) is 10.2 Å². The van der Waals surface area contributed by atoms with E-state index in [0.717, 1.165) is 4.31 Å². The van der Waals surface area contributed by atoms with Gasteiger partial charge >= 0.3 is 10.2 Å². The van der Waals surface area contributed by atoms with E-state index in [1.54, 1.807) is 29.2 Å². The maximum absolute atomic E-state index is 12.3. The molecule has 0 atom stereocenters. The Morgan fingerprint density at radius 2 is 1.88 bits per heavy atom. The molecule has 0 bridgehead atoms. The quantitative estimate of drug-likeness (QED) is 0.791. The molecule has 1 aliphatic rings. The molecule has 0 radical (unpaired) electrons. The second kappa shape index (κ2) is 7.30.